The molecule has 176 valence electrons. The van der Waals surface area contributed by atoms with Crippen LogP contribution in [0.2, 0.25) is 0 Å². The Morgan fingerprint density at radius 3 is 2.59 bits per heavy atom. The lowest BCUT2D eigenvalue weighted by atomic mass is 9.97. The normalized spacial score (nSPS) is 26.0. The van der Waals surface area contributed by atoms with E-state index in [9.17, 15) is 28.2 Å². The molecule has 3 rings (SSSR count). The number of carbonyl (C=O) groups is 1. The van der Waals surface area contributed by atoms with Gasteiger partial charge in [-0.25, -0.2) is 13.8 Å². The Bertz CT molecular complexity index is 1150. The molecular formula is C18H21NO12S. The molecule has 0 unspecified atom stereocenters. The van der Waals surface area contributed by atoms with Crippen LogP contribution in [0.3, 0.4) is 0 Å². The smallest absolute Gasteiger partial charge is 0.407 e. The van der Waals surface area contributed by atoms with Gasteiger partial charge in [-0.05, 0) is 24.6 Å². The summed E-state index contributed by atoms with van der Waals surface area (Å²) in [5.41, 5.74) is 0.294. The lowest BCUT2D eigenvalue weighted by Gasteiger charge is -2.42. The summed E-state index contributed by atoms with van der Waals surface area (Å²) in [7, 11) is -3.78. The fourth-order valence-electron chi connectivity index (χ4n) is 3.18. The van der Waals surface area contributed by atoms with Crippen LogP contribution in [0.1, 0.15) is 5.56 Å². The van der Waals surface area contributed by atoms with Gasteiger partial charge in [0.1, 0.15) is 35.7 Å². The first-order valence-corrected chi connectivity index (χ1v) is 10.5. The van der Waals surface area contributed by atoms with Crippen LogP contribution < -0.4 is 15.7 Å². The molecule has 1 aromatic carbocycles. The van der Waals surface area contributed by atoms with E-state index in [0.717, 1.165) is 7.11 Å². The van der Waals surface area contributed by atoms with Crippen LogP contribution in [0.15, 0.2) is 33.5 Å². The molecule has 1 saturated heterocycles. The topological polar surface area (TPSA) is 191 Å². The molecule has 5 atom stereocenters. The second kappa shape index (κ2) is 9.40. The summed E-state index contributed by atoms with van der Waals surface area (Å²) < 4.78 is 55.5. The number of amides is 1. The highest BCUT2D eigenvalue weighted by atomic mass is 32.3. The lowest BCUT2D eigenvalue weighted by Crippen LogP contribution is -2.65. The number of hydrogen-bond donors (Lipinski definition) is 4. The van der Waals surface area contributed by atoms with Crippen molar-refractivity contribution in [2.24, 2.45) is 0 Å². The van der Waals surface area contributed by atoms with Gasteiger partial charge in [0.15, 0.2) is 0 Å². The molecular weight excluding hydrogens is 454 g/mol. The van der Waals surface area contributed by atoms with E-state index >= 15 is 0 Å². The van der Waals surface area contributed by atoms with Gasteiger partial charge in [-0.2, -0.15) is 8.42 Å². The monoisotopic (exact) mass is 475 g/mol. The van der Waals surface area contributed by atoms with E-state index in [4.69, 9.17) is 18.4 Å². The van der Waals surface area contributed by atoms with Gasteiger partial charge in [-0.3, -0.25) is 4.55 Å². The van der Waals surface area contributed by atoms with E-state index < -0.39 is 59.4 Å². The molecule has 2 aromatic rings. The van der Waals surface area contributed by atoms with Crippen molar-refractivity contribution < 1.29 is 50.8 Å². The average molecular weight is 475 g/mol. The van der Waals surface area contributed by atoms with E-state index in [1.54, 1.807) is 13.0 Å². The maximum absolute atomic E-state index is 11.7. The Morgan fingerprint density at radius 2 is 1.94 bits per heavy atom. The van der Waals surface area contributed by atoms with Gasteiger partial charge in [-0.1, -0.05) is 0 Å². The van der Waals surface area contributed by atoms with Crippen molar-refractivity contribution in [2.45, 2.75) is 37.6 Å². The van der Waals surface area contributed by atoms with Gasteiger partial charge in [0.2, 0.25) is 6.29 Å². The summed E-state index contributed by atoms with van der Waals surface area (Å²) in [6, 6.07) is 4.46. The van der Waals surface area contributed by atoms with Crippen LogP contribution in [0.4, 0.5) is 4.79 Å². The van der Waals surface area contributed by atoms with Gasteiger partial charge in [0.05, 0.1) is 13.7 Å². The molecule has 1 amide bonds. The summed E-state index contributed by atoms with van der Waals surface area (Å²) in [5, 5.41) is 23.6. The highest BCUT2D eigenvalue weighted by Gasteiger charge is 2.47. The molecule has 14 heteroatoms. The van der Waals surface area contributed by atoms with E-state index in [0.29, 0.717) is 10.9 Å². The third-order valence-corrected chi connectivity index (χ3v) is 5.16. The molecule has 4 N–H and O–H groups in total. The summed E-state index contributed by atoms with van der Waals surface area (Å²) >= 11 is 0. The number of benzene rings is 1. The van der Waals surface area contributed by atoms with Crippen LogP contribution in [0, 0.1) is 6.92 Å². The number of aliphatic hydroxyl groups is 2. The number of alkyl carbamates (subject to hydrolysis) is 1. The molecule has 13 nitrogen and oxygen atoms in total. The zero-order valence-electron chi connectivity index (χ0n) is 16.8. The zero-order valence-corrected chi connectivity index (χ0v) is 17.6. The molecule has 32 heavy (non-hydrogen) atoms. The number of rotatable bonds is 6. The molecule has 1 aliphatic rings. The average Bonchev–Trinajstić information content (AvgIpc) is 2.71. The van der Waals surface area contributed by atoms with Gasteiger partial charge in [-0.15, -0.1) is 0 Å². The van der Waals surface area contributed by atoms with Crippen molar-refractivity contribution in [3.8, 4) is 5.75 Å². The van der Waals surface area contributed by atoms with Gasteiger partial charge >= 0.3 is 22.1 Å². The van der Waals surface area contributed by atoms with Crippen LogP contribution >= 0.6 is 0 Å². The van der Waals surface area contributed by atoms with Crippen molar-refractivity contribution in [1.29, 1.82) is 0 Å². The minimum Gasteiger partial charge on any atom is -0.462 e. The standard InChI is InChI=1S/C18H21NO12S/c1-8-5-13(20)30-11-6-9(3-4-10(8)11)29-17-14(19-18(23)27-2)16(22)15(21)12(31-17)7-28-32(24,25)26/h3-6,12,14-17,21-22H,7H2,1-2H3,(H,19,23)(H,24,25,26)/t12-,14-,15-,16-,17-/m1/s1. The van der Waals surface area contributed by atoms with Gasteiger partial charge < -0.3 is 34.2 Å². The number of aryl methyl sites for hydroxylation is 1. The Labute approximate surface area is 181 Å². The molecule has 2 heterocycles. The number of methoxy groups -OCH3 is 1. The van der Waals surface area contributed by atoms with Crippen molar-refractivity contribution in [1.82, 2.24) is 5.32 Å². The second-order valence-corrected chi connectivity index (χ2v) is 8.01. The van der Waals surface area contributed by atoms with E-state index in [2.05, 4.69) is 14.2 Å². The van der Waals surface area contributed by atoms with Crippen LogP contribution in [0.5, 0.6) is 5.75 Å². The Hall–Kier alpha value is -2.75. The fourth-order valence-corrected chi connectivity index (χ4v) is 3.49. The first-order valence-electron chi connectivity index (χ1n) is 9.17. The van der Waals surface area contributed by atoms with Crippen molar-refractivity contribution in [3.05, 3.63) is 40.2 Å². The predicted molar refractivity (Wildman–Crippen MR) is 105 cm³/mol. The van der Waals surface area contributed by atoms with E-state index in [1.165, 1.54) is 18.2 Å². The summed E-state index contributed by atoms with van der Waals surface area (Å²) in [4.78, 5) is 23.3. The maximum atomic E-state index is 11.7. The van der Waals surface area contributed by atoms with Gasteiger partial charge in [0, 0.05) is 17.5 Å². The SMILES string of the molecule is COC(=O)N[C@H]1[C@H](Oc2ccc3c(C)cc(=O)oc3c2)O[C@H](COS(=O)(=O)O)[C@@H](O)[C@@H]1O. The molecule has 0 aliphatic carbocycles. The minimum atomic E-state index is -4.86. The largest absolute Gasteiger partial charge is 0.462 e. The molecule has 1 aromatic heterocycles. The number of fused-ring (bicyclic) bond motifs is 1. The second-order valence-electron chi connectivity index (χ2n) is 6.92. The van der Waals surface area contributed by atoms with E-state index in [1.807, 2.05) is 0 Å². The highest BCUT2D eigenvalue weighted by molar-refractivity contribution is 7.80. The Balaban J connectivity index is 1.90. The molecule has 0 spiro atoms. The first-order chi connectivity index (χ1) is 15.0. The number of aliphatic hydroxyl groups excluding tert-OH is 2. The molecule has 1 aliphatic heterocycles. The maximum Gasteiger partial charge on any atom is 0.407 e. The zero-order chi connectivity index (χ0) is 23.6. The molecule has 0 bridgehead atoms. The molecule has 0 saturated carbocycles. The third kappa shape index (κ3) is 5.53. The van der Waals surface area contributed by atoms with Crippen molar-refractivity contribution in [3.63, 3.8) is 0 Å². The van der Waals surface area contributed by atoms with Crippen molar-refractivity contribution in [2.75, 3.05) is 13.7 Å². The Kier molecular flexibility index (Phi) is 7.02. The molecule has 0 radical (unpaired) electrons. The first kappa shape index (κ1) is 23.9. The van der Waals surface area contributed by atoms with Crippen LogP contribution in [-0.2, 0) is 24.1 Å². The lowest BCUT2D eigenvalue weighted by molar-refractivity contribution is -0.241. The summed E-state index contributed by atoms with van der Waals surface area (Å²) in [6.45, 7) is 0.867. The number of nitrogens with one attached hydrogen (secondary N) is 1. The highest BCUT2D eigenvalue weighted by Crippen LogP contribution is 2.28. The number of hydrogen-bond acceptors (Lipinski definition) is 11. The quantitative estimate of drug-likeness (QED) is 0.309. The van der Waals surface area contributed by atoms with Crippen LogP contribution in [0.25, 0.3) is 11.0 Å². The molecule has 1 fully saturated rings. The number of ether oxygens (including phenoxy) is 3. The van der Waals surface area contributed by atoms with Crippen molar-refractivity contribution >= 4 is 27.5 Å². The third-order valence-electron chi connectivity index (χ3n) is 4.73. The Morgan fingerprint density at radius 1 is 1.22 bits per heavy atom. The fraction of sp³-hybridized carbons (Fsp3) is 0.444. The van der Waals surface area contributed by atoms with Gasteiger partial charge in [0.25, 0.3) is 0 Å². The summed E-state index contributed by atoms with van der Waals surface area (Å²) in [6.07, 6.45) is -7.34. The predicted octanol–water partition coefficient (Wildman–Crippen LogP) is -0.529. The minimum absolute atomic E-state index is 0.103. The summed E-state index contributed by atoms with van der Waals surface area (Å²) in [5.74, 6) is 0.103. The number of carbonyl (C=O) groups excluding carboxylic acids is 1. The van der Waals surface area contributed by atoms with E-state index in [-0.39, 0.29) is 11.3 Å². The van der Waals surface area contributed by atoms with Crippen LogP contribution in [-0.4, -0.2) is 73.6 Å².